The number of aromatic nitrogens is 2. The smallest absolute Gasteiger partial charge is 0.137 e. The molecule has 0 saturated carbocycles. The van der Waals surface area contributed by atoms with Gasteiger partial charge in [0.05, 0.1) is 22.0 Å². The Bertz CT molecular complexity index is 657. The van der Waals surface area contributed by atoms with E-state index in [0.717, 1.165) is 11.4 Å². The fraction of sp³-hybridized carbons (Fsp3) is 0.231. The molecule has 0 fully saturated rings. The summed E-state index contributed by atoms with van der Waals surface area (Å²) in [4.78, 5) is 0. The number of ether oxygens (including phenoxy) is 1. The predicted octanol–water partition coefficient (Wildman–Crippen LogP) is 2.41. The van der Waals surface area contributed by atoms with E-state index in [4.69, 9.17) is 27.3 Å². The number of nitrogens with two attached hydrogens (primary N) is 1. The minimum absolute atomic E-state index is 0.245. The Labute approximate surface area is 116 Å². The highest BCUT2D eigenvalue weighted by molar-refractivity contribution is 6.31. The summed E-state index contributed by atoms with van der Waals surface area (Å²) in [6.45, 7) is 2.07. The van der Waals surface area contributed by atoms with Crippen LogP contribution < -0.4 is 10.5 Å². The van der Waals surface area contributed by atoms with Gasteiger partial charge in [-0.15, -0.1) is 0 Å². The summed E-state index contributed by atoms with van der Waals surface area (Å²) in [5.74, 6) is 0.478. The van der Waals surface area contributed by atoms with Gasteiger partial charge in [0.25, 0.3) is 0 Å². The molecule has 1 aromatic carbocycles. The van der Waals surface area contributed by atoms with Gasteiger partial charge in [-0.05, 0) is 25.1 Å². The molecule has 0 aliphatic heterocycles. The number of nitriles is 1. The first-order valence-corrected chi connectivity index (χ1v) is 6.01. The average Bonchev–Trinajstić information content (AvgIpc) is 2.62. The van der Waals surface area contributed by atoms with E-state index in [9.17, 15) is 0 Å². The minimum atomic E-state index is 0.245. The molecule has 6 heteroatoms. The quantitative estimate of drug-likeness (QED) is 0.874. The van der Waals surface area contributed by atoms with Crippen molar-refractivity contribution < 1.29 is 4.74 Å². The standard InChI is InChI=1S/C13H13ClN4O/c1-8-13(14)11(18(2)17-8)7-19-12-4-3-10(16)5-9(12)6-15/h3-5H,7,16H2,1-2H3. The number of hydrogen-bond acceptors (Lipinski definition) is 4. The van der Waals surface area contributed by atoms with Crippen molar-refractivity contribution in [2.24, 2.45) is 7.05 Å². The number of nitrogens with zero attached hydrogens (tertiary/aromatic N) is 3. The Kier molecular flexibility index (Phi) is 3.63. The molecule has 0 unspecified atom stereocenters. The summed E-state index contributed by atoms with van der Waals surface area (Å²) >= 11 is 6.13. The van der Waals surface area contributed by atoms with Gasteiger partial charge in [-0.3, -0.25) is 4.68 Å². The van der Waals surface area contributed by atoms with Crippen molar-refractivity contribution in [3.63, 3.8) is 0 Å². The molecule has 5 nitrogen and oxygen atoms in total. The van der Waals surface area contributed by atoms with E-state index in [1.54, 1.807) is 29.9 Å². The van der Waals surface area contributed by atoms with Gasteiger partial charge in [-0.2, -0.15) is 10.4 Å². The number of benzene rings is 1. The fourth-order valence-corrected chi connectivity index (χ4v) is 1.96. The van der Waals surface area contributed by atoms with Gasteiger partial charge in [0.2, 0.25) is 0 Å². The molecule has 2 aromatic rings. The third kappa shape index (κ3) is 2.64. The van der Waals surface area contributed by atoms with Crippen LogP contribution in [0.25, 0.3) is 0 Å². The van der Waals surface area contributed by atoms with Crippen LogP contribution in [0.1, 0.15) is 17.0 Å². The maximum atomic E-state index is 9.02. The Hall–Kier alpha value is -2.19. The van der Waals surface area contributed by atoms with Crippen LogP contribution in [0.15, 0.2) is 18.2 Å². The van der Waals surface area contributed by atoms with Crippen LogP contribution in [0.3, 0.4) is 0 Å². The number of hydrogen-bond donors (Lipinski definition) is 1. The Morgan fingerprint density at radius 3 is 2.84 bits per heavy atom. The van der Waals surface area contributed by atoms with Crippen molar-refractivity contribution in [1.29, 1.82) is 5.26 Å². The second-order valence-electron chi connectivity index (χ2n) is 4.13. The van der Waals surface area contributed by atoms with E-state index in [0.29, 0.717) is 22.0 Å². The summed E-state index contributed by atoms with van der Waals surface area (Å²) in [7, 11) is 1.80. The Balaban J connectivity index is 2.22. The van der Waals surface area contributed by atoms with Crippen molar-refractivity contribution in [3.05, 3.63) is 40.2 Å². The third-order valence-corrected chi connectivity index (χ3v) is 3.24. The first-order chi connectivity index (χ1) is 9.02. The lowest BCUT2D eigenvalue weighted by Crippen LogP contribution is -2.04. The van der Waals surface area contributed by atoms with Crippen molar-refractivity contribution in [3.8, 4) is 11.8 Å². The number of nitrogen functional groups attached to an aromatic ring is 1. The highest BCUT2D eigenvalue weighted by atomic mass is 35.5. The highest BCUT2D eigenvalue weighted by Crippen LogP contribution is 2.24. The molecule has 0 atom stereocenters. The minimum Gasteiger partial charge on any atom is -0.486 e. The summed E-state index contributed by atoms with van der Waals surface area (Å²) in [6, 6.07) is 6.98. The van der Waals surface area contributed by atoms with Crippen LogP contribution in [0.5, 0.6) is 5.75 Å². The SMILES string of the molecule is Cc1nn(C)c(COc2ccc(N)cc2C#N)c1Cl. The lowest BCUT2D eigenvalue weighted by atomic mass is 10.2. The topological polar surface area (TPSA) is 76.9 Å². The number of anilines is 1. The monoisotopic (exact) mass is 276 g/mol. The largest absolute Gasteiger partial charge is 0.486 e. The van der Waals surface area contributed by atoms with Gasteiger partial charge >= 0.3 is 0 Å². The molecule has 2 N–H and O–H groups in total. The lowest BCUT2D eigenvalue weighted by molar-refractivity contribution is 0.294. The van der Waals surface area contributed by atoms with Gasteiger partial charge in [0.1, 0.15) is 18.4 Å². The molecule has 0 bridgehead atoms. The van der Waals surface area contributed by atoms with Crippen molar-refractivity contribution >= 4 is 17.3 Å². The van der Waals surface area contributed by atoms with Gasteiger partial charge < -0.3 is 10.5 Å². The van der Waals surface area contributed by atoms with Crippen LogP contribution in [0, 0.1) is 18.3 Å². The van der Waals surface area contributed by atoms with E-state index in [-0.39, 0.29) is 6.61 Å². The summed E-state index contributed by atoms with van der Waals surface area (Å²) in [5.41, 5.74) is 8.06. The molecule has 1 heterocycles. The fourth-order valence-electron chi connectivity index (χ4n) is 1.74. The third-order valence-electron chi connectivity index (χ3n) is 2.75. The van der Waals surface area contributed by atoms with Crippen molar-refractivity contribution in [2.75, 3.05) is 5.73 Å². The van der Waals surface area contributed by atoms with E-state index < -0.39 is 0 Å². The molecule has 0 spiro atoms. The molecular formula is C13H13ClN4O. The molecule has 0 radical (unpaired) electrons. The molecular weight excluding hydrogens is 264 g/mol. The van der Waals surface area contributed by atoms with Gasteiger partial charge in [0.15, 0.2) is 0 Å². The van der Waals surface area contributed by atoms with Gasteiger partial charge in [-0.1, -0.05) is 11.6 Å². The van der Waals surface area contributed by atoms with Crippen LogP contribution >= 0.6 is 11.6 Å². The van der Waals surface area contributed by atoms with Crippen molar-refractivity contribution in [2.45, 2.75) is 13.5 Å². The van der Waals surface area contributed by atoms with Gasteiger partial charge in [0, 0.05) is 12.7 Å². The van der Waals surface area contributed by atoms with Crippen LogP contribution in [0.4, 0.5) is 5.69 Å². The highest BCUT2D eigenvalue weighted by Gasteiger charge is 2.12. The van der Waals surface area contributed by atoms with E-state index in [2.05, 4.69) is 5.10 Å². The zero-order valence-corrected chi connectivity index (χ0v) is 11.4. The molecule has 2 rings (SSSR count). The first-order valence-electron chi connectivity index (χ1n) is 5.63. The zero-order chi connectivity index (χ0) is 14.0. The molecule has 0 amide bonds. The van der Waals surface area contributed by atoms with Crippen LogP contribution in [0.2, 0.25) is 5.02 Å². The summed E-state index contributed by atoms with van der Waals surface area (Å²) in [5, 5.41) is 13.8. The molecule has 98 valence electrons. The summed E-state index contributed by atoms with van der Waals surface area (Å²) < 4.78 is 7.29. The molecule has 1 aromatic heterocycles. The van der Waals surface area contributed by atoms with Crippen molar-refractivity contribution in [1.82, 2.24) is 9.78 Å². The number of rotatable bonds is 3. The lowest BCUT2D eigenvalue weighted by Gasteiger charge is -2.09. The number of aryl methyl sites for hydroxylation is 2. The van der Waals surface area contributed by atoms with E-state index in [1.165, 1.54) is 0 Å². The Morgan fingerprint density at radius 1 is 1.53 bits per heavy atom. The van der Waals surface area contributed by atoms with Gasteiger partial charge in [-0.25, -0.2) is 0 Å². The predicted molar refractivity (Wildman–Crippen MR) is 72.9 cm³/mol. The first kappa shape index (κ1) is 13.2. The maximum Gasteiger partial charge on any atom is 0.137 e. The second-order valence-corrected chi connectivity index (χ2v) is 4.50. The summed E-state index contributed by atoms with van der Waals surface area (Å²) in [6.07, 6.45) is 0. The molecule has 0 aliphatic carbocycles. The molecule has 0 aliphatic rings. The van der Waals surface area contributed by atoms with Crippen LogP contribution in [-0.4, -0.2) is 9.78 Å². The average molecular weight is 277 g/mol. The number of halogens is 1. The zero-order valence-electron chi connectivity index (χ0n) is 10.6. The normalized spacial score (nSPS) is 10.2. The Morgan fingerprint density at radius 2 is 2.26 bits per heavy atom. The van der Waals surface area contributed by atoms with E-state index >= 15 is 0 Å². The van der Waals surface area contributed by atoms with Crippen LogP contribution in [-0.2, 0) is 13.7 Å². The molecule has 0 saturated heterocycles. The molecule has 19 heavy (non-hydrogen) atoms. The maximum absolute atomic E-state index is 9.02. The second kappa shape index (κ2) is 5.21. The van der Waals surface area contributed by atoms with E-state index in [1.807, 2.05) is 13.0 Å².